The third-order valence-corrected chi connectivity index (χ3v) is 4.30. The first-order valence-electron chi connectivity index (χ1n) is 6.25. The van der Waals surface area contributed by atoms with E-state index < -0.39 is 9.05 Å². The molecule has 0 fully saturated rings. The van der Waals surface area contributed by atoms with E-state index in [9.17, 15) is 13.2 Å². The summed E-state index contributed by atoms with van der Waals surface area (Å²) in [5.74, 6) is -0.349. The molecule has 0 radical (unpaired) electrons. The van der Waals surface area contributed by atoms with Gasteiger partial charge < -0.3 is 5.32 Å². The average Bonchev–Trinajstić information content (AvgIpc) is 2.45. The Balaban J connectivity index is 2.08. The van der Waals surface area contributed by atoms with Crippen LogP contribution in [-0.2, 0) is 15.6 Å². The van der Waals surface area contributed by atoms with Gasteiger partial charge in [0.05, 0.1) is 4.90 Å². The summed E-state index contributed by atoms with van der Waals surface area (Å²) in [7, 11) is 1.42. The second-order valence-corrected chi connectivity index (χ2v) is 7.20. The third-order valence-electron chi connectivity index (χ3n) is 2.95. The van der Waals surface area contributed by atoms with Crippen molar-refractivity contribution in [2.75, 3.05) is 0 Å². The minimum atomic E-state index is -3.84. The fourth-order valence-electron chi connectivity index (χ4n) is 1.78. The fourth-order valence-corrected chi connectivity index (χ4v) is 2.58. The molecule has 6 heteroatoms. The molecule has 110 valence electrons. The van der Waals surface area contributed by atoms with E-state index in [1.807, 2.05) is 31.2 Å². The van der Waals surface area contributed by atoms with Crippen molar-refractivity contribution in [1.82, 2.24) is 5.32 Å². The average molecular weight is 324 g/mol. The number of halogens is 1. The van der Waals surface area contributed by atoms with E-state index in [2.05, 4.69) is 5.32 Å². The number of benzene rings is 2. The van der Waals surface area contributed by atoms with Crippen LogP contribution in [0.4, 0.5) is 0 Å². The van der Waals surface area contributed by atoms with Gasteiger partial charge in [-0.1, -0.05) is 35.9 Å². The summed E-state index contributed by atoms with van der Waals surface area (Å²) in [5.41, 5.74) is 2.36. The molecule has 0 saturated heterocycles. The van der Waals surface area contributed by atoms with Crippen LogP contribution >= 0.6 is 10.7 Å². The van der Waals surface area contributed by atoms with Gasteiger partial charge in [0.25, 0.3) is 15.0 Å². The van der Waals surface area contributed by atoms with E-state index in [-0.39, 0.29) is 16.4 Å². The summed E-state index contributed by atoms with van der Waals surface area (Å²) in [5, 5.41) is 2.74. The van der Waals surface area contributed by atoms with Crippen molar-refractivity contribution in [1.29, 1.82) is 0 Å². The first-order valence-corrected chi connectivity index (χ1v) is 8.56. The summed E-state index contributed by atoms with van der Waals surface area (Å²) in [6, 6.07) is 13.4. The summed E-state index contributed by atoms with van der Waals surface area (Å²) in [6.45, 7) is 2.36. The maximum absolute atomic E-state index is 12.0. The van der Waals surface area contributed by atoms with Gasteiger partial charge in [0.15, 0.2) is 0 Å². The lowest BCUT2D eigenvalue weighted by molar-refractivity contribution is 0.0950. The van der Waals surface area contributed by atoms with Crippen molar-refractivity contribution < 1.29 is 13.2 Å². The second-order valence-electron chi connectivity index (χ2n) is 4.63. The van der Waals surface area contributed by atoms with Crippen LogP contribution in [0.25, 0.3) is 0 Å². The predicted molar refractivity (Wildman–Crippen MR) is 81.8 cm³/mol. The molecular weight excluding hydrogens is 310 g/mol. The highest BCUT2D eigenvalue weighted by Crippen LogP contribution is 2.16. The van der Waals surface area contributed by atoms with Crippen molar-refractivity contribution in [3.8, 4) is 0 Å². The molecule has 0 aromatic heterocycles. The molecule has 0 aliphatic carbocycles. The summed E-state index contributed by atoms with van der Waals surface area (Å²) < 4.78 is 22.5. The van der Waals surface area contributed by atoms with Crippen LogP contribution in [0.2, 0.25) is 0 Å². The Morgan fingerprint density at radius 1 is 1.14 bits per heavy atom. The van der Waals surface area contributed by atoms with E-state index in [0.717, 1.165) is 11.1 Å². The van der Waals surface area contributed by atoms with Crippen molar-refractivity contribution >= 4 is 25.6 Å². The van der Waals surface area contributed by atoms with Crippen LogP contribution in [0, 0.1) is 6.92 Å². The molecule has 1 N–H and O–H groups in total. The highest BCUT2D eigenvalue weighted by molar-refractivity contribution is 8.13. The SMILES string of the molecule is Cc1ccc(CNC(=O)c2cccc(S(=O)(=O)Cl)c2)cc1. The Morgan fingerprint density at radius 3 is 2.43 bits per heavy atom. The highest BCUT2D eigenvalue weighted by Gasteiger charge is 2.13. The Bertz CT molecular complexity index is 755. The molecule has 21 heavy (non-hydrogen) atoms. The maximum Gasteiger partial charge on any atom is 0.261 e. The molecule has 0 saturated carbocycles. The molecule has 0 heterocycles. The molecule has 0 aliphatic rings. The smallest absolute Gasteiger partial charge is 0.261 e. The second kappa shape index (κ2) is 6.28. The zero-order valence-electron chi connectivity index (χ0n) is 11.3. The van der Waals surface area contributed by atoms with Gasteiger partial charge in [-0.2, -0.15) is 0 Å². The molecule has 2 aromatic carbocycles. The number of carbonyl (C=O) groups is 1. The molecule has 1 amide bonds. The van der Waals surface area contributed by atoms with Crippen molar-refractivity contribution in [3.63, 3.8) is 0 Å². The lowest BCUT2D eigenvalue weighted by atomic mass is 10.1. The summed E-state index contributed by atoms with van der Waals surface area (Å²) >= 11 is 0. The fraction of sp³-hybridized carbons (Fsp3) is 0.133. The van der Waals surface area contributed by atoms with Crippen LogP contribution < -0.4 is 5.32 Å². The van der Waals surface area contributed by atoms with E-state index in [1.165, 1.54) is 24.3 Å². The normalized spacial score (nSPS) is 11.1. The predicted octanol–water partition coefficient (Wildman–Crippen LogP) is 2.85. The van der Waals surface area contributed by atoms with Gasteiger partial charge in [-0.25, -0.2) is 8.42 Å². The van der Waals surface area contributed by atoms with E-state index >= 15 is 0 Å². The van der Waals surface area contributed by atoms with Crippen molar-refractivity contribution in [2.45, 2.75) is 18.4 Å². The minimum absolute atomic E-state index is 0.0906. The van der Waals surface area contributed by atoms with Crippen LogP contribution in [0.1, 0.15) is 21.5 Å². The topological polar surface area (TPSA) is 63.2 Å². The standard InChI is InChI=1S/C15H14ClNO3S/c1-11-5-7-12(8-6-11)10-17-15(18)13-3-2-4-14(9-13)21(16,19)20/h2-9H,10H2,1H3,(H,17,18). The highest BCUT2D eigenvalue weighted by atomic mass is 35.7. The van der Waals surface area contributed by atoms with Crippen molar-refractivity contribution in [3.05, 3.63) is 65.2 Å². The van der Waals surface area contributed by atoms with Gasteiger partial charge >= 0.3 is 0 Å². The zero-order chi connectivity index (χ0) is 15.5. The van der Waals surface area contributed by atoms with Gasteiger partial charge in [0, 0.05) is 22.8 Å². The zero-order valence-corrected chi connectivity index (χ0v) is 12.9. The van der Waals surface area contributed by atoms with Gasteiger partial charge in [-0.05, 0) is 30.7 Å². The van der Waals surface area contributed by atoms with Crippen molar-refractivity contribution in [2.24, 2.45) is 0 Å². The number of carbonyl (C=O) groups excluding carboxylic acids is 1. The first kappa shape index (κ1) is 15.5. The van der Waals surface area contributed by atoms with Gasteiger partial charge in [0.2, 0.25) is 0 Å². The molecule has 2 aromatic rings. The monoisotopic (exact) mass is 323 g/mol. The molecule has 0 spiro atoms. The van der Waals surface area contributed by atoms with E-state index in [1.54, 1.807) is 0 Å². The van der Waals surface area contributed by atoms with Gasteiger partial charge in [-0.15, -0.1) is 0 Å². The number of aryl methyl sites for hydroxylation is 1. The maximum atomic E-state index is 12.0. The van der Waals surface area contributed by atoms with Crippen LogP contribution in [-0.4, -0.2) is 14.3 Å². The Labute approximate surface area is 128 Å². The quantitative estimate of drug-likeness (QED) is 0.880. The first-order chi connectivity index (χ1) is 9.86. The molecule has 0 atom stereocenters. The summed E-state index contributed by atoms with van der Waals surface area (Å²) in [4.78, 5) is 11.9. The molecule has 2 rings (SSSR count). The lowest BCUT2D eigenvalue weighted by Crippen LogP contribution is -2.22. The molecule has 0 bridgehead atoms. The number of nitrogens with one attached hydrogen (secondary N) is 1. The molecule has 0 aliphatic heterocycles. The van der Waals surface area contributed by atoms with Gasteiger partial charge in [-0.3, -0.25) is 4.79 Å². The molecule has 4 nitrogen and oxygen atoms in total. The third kappa shape index (κ3) is 4.31. The number of hydrogen-bond acceptors (Lipinski definition) is 3. The molecule has 0 unspecified atom stereocenters. The van der Waals surface area contributed by atoms with Gasteiger partial charge in [0.1, 0.15) is 0 Å². The van der Waals surface area contributed by atoms with E-state index in [0.29, 0.717) is 6.54 Å². The Morgan fingerprint density at radius 2 is 1.81 bits per heavy atom. The minimum Gasteiger partial charge on any atom is -0.348 e. The van der Waals surface area contributed by atoms with Crippen LogP contribution in [0.5, 0.6) is 0 Å². The molecular formula is C15H14ClNO3S. The number of amides is 1. The Kier molecular flexibility index (Phi) is 4.65. The number of hydrogen-bond donors (Lipinski definition) is 1. The van der Waals surface area contributed by atoms with Crippen LogP contribution in [0.3, 0.4) is 0 Å². The lowest BCUT2D eigenvalue weighted by Gasteiger charge is -2.06. The Hall–Kier alpha value is -1.85. The number of rotatable bonds is 4. The summed E-state index contributed by atoms with van der Waals surface area (Å²) in [6.07, 6.45) is 0. The largest absolute Gasteiger partial charge is 0.348 e. The van der Waals surface area contributed by atoms with Crippen LogP contribution in [0.15, 0.2) is 53.4 Å². The van der Waals surface area contributed by atoms with E-state index in [4.69, 9.17) is 10.7 Å².